The van der Waals surface area contributed by atoms with Gasteiger partial charge >= 0.3 is 5.69 Å². The zero-order chi connectivity index (χ0) is 14.5. The summed E-state index contributed by atoms with van der Waals surface area (Å²) in [6, 6.07) is 4.07. The fraction of sp³-hybridized carbons (Fsp3) is 0.571. The second-order valence-electron chi connectivity index (χ2n) is 5.30. The van der Waals surface area contributed by atoms with E-state index in [4.69, 9.17) is 5.11 Å². The fourth-order valence-electron chi connectivity index (χ4n) is 2.77. The summed E-state index contributed by atoms with van der Waals surface area (Å²) in [4.78, 5) is 12.1. The Kier molecular flexibility index (Phi) is 5.03. The molecule has 1 heterocycles. The van der Waals surface area contributed by atoms with Crippen molar-refractivity contribution in [1.29, 1.82) is 0 Å². The van der Waals surface area contributed by atoms with Gasteiger partial charge in [-0.15, -0.1) is 0 Å². The highest BCUT2D eigenvalue weighted by Gasteiger charge is 2.20. The summed E-state index contributed by atoms with van der Waals surface area (Å²) >= 11 is 0. The van der Waals surface area contributed by atoms with Crippen molar-refractivity contribution < 1.29 is 14.4 Å². The molecule has 0 aromatic heterocycles. The Hall–Kier alpha value is -1.53. The van der Waals surface area contributed by atoms with E-state index in [9.17, 15) is 14.5 Å². The Bertz CT molecular complexity index is 479. The van der Waals surface area contributed by atoms with Crippen molar-refractivity contribution in [2.45, 2.75) is 25.8 Å². The first-order valence-electron chi connectivity index (χ1n) is 6.86. The summed E-state index contributed by atoms with van der Waals surface area (Å²) in [6.07, 6.45) is 2.98. The van der Waals surface area contributed by atoms with Crippen molar-refractivity contribution in [3.05, 3.63) is 39.7 Å². The molecule has 1 aromatic carbocycles. The predicted octanol–water partition coefficient (Wildman–Crippen LogP) is 2.33. The number of rotatable bonds is 5. The molecule has 1 N–H and O–H groups in total. The Morgan fingerprint density at radius 3 is 2.95 bits per heavy atom. The third-order valence-corrected chi connectivity index (χ3v) is 3.76. The third kappa shape index (κ3) is 3.74. The molecule has 0 spiro atoms. The highest BCUT2D eigenvalue weighted by Crippen LogP contribution is 2.23. The average Bonchev–Trinajstić information content (AvgIpc) is 2.39. The molecular formula is C14H19FN2O3. The molecule has 1 atom stereocenters. The van der Waals surface area contributed by atoms with Gasteiger partial charge in [0.2, 0.25) is 5.82 Å². The van der Waals surface area contributed by atoms with Crippen molar-refractivity contribution in [1.82, 2.24) is 4.90 Å². The van der Waals surface area contributed by atoms with Gasteiger partial charge in [0.25, 0.3) is 0 Å². The lowest BCUT2D eigenvalue weighted by molar-refractivity contribution is -0.387. The lowest BCUT2D eigenvalue weighted by Gasteiger charge is -2.32. The molecule has 6 heteroatoms. The van der Waals surface area contributed by atoms with Gasteiger partial charge in [0, 0.05) is 25.8 Å². The van der Waals surface area contributed by atoms with Crippen LogP contribution in [0.1, 0.15) is 24.8 Å². The van der Waals surface area contributed by atoms with Gasteiger partial charge in [-0.1, -0.05) is 6.07 Å². The van der Waals surface area contributed by atoms with Crippen LogP contribution < -0.4 is 0 Å². The topological polar surface area (TPSA) is 66.6 Å². The van der Waals surface area contributed by atoms with Gasteiger partial charge in [-0.3, -0.25) is 15.0 Å². The van der Waals surface area contributed by atoms with Gasteiger partial charge in [0.05, 0.1) is 4.92 Å². The monoisotopic (exact) mass is 282 g/mol. The maximum Gasteiger partial charge on any atom is 0.304 e. The summed E-state index contributed by atoms with van der Waals surface area (Å²) in [5.41, 5.74) is 0.267. The Balaban J connectivity index is 1.99. The second kappa shape index (κ2) is 6.76. The van der Waals surface area contributed by atoms with Gasteiger partial charge in [-0.2, -0.15) is 4.39 Å². The Morgan fingerprint density at radius 2 is 2.30 bits per heavy atom. The van der Waals surface area contributed by atoms with E-state index in [1.165, 1.54) is 12.1 Å². The van der Waals surface area contributed by atoms with Crippen molar-refractivity contribution in [2.75, 3.05) is 19.7 Å². The van der Waals surface area contributed by atoms with Gasteiger partial charge in [0.1, 0.15) is 0 Å². The van der Waals surface area contributed by atoms with Crippen molar-refractivity contribution in [2.24, 2.45) is 5.92 Å². The SMILES string of the molecule is O=[N+]([O-])c1ccc(CN2CCCC(CCO)C2)cc1F. The van der Waals surface area contributed by atoms with E-state index in [1.807, 2.05) is 0 Å². The molecule has 0 radical (unpaired) electrons. The second-order valence-corrected chi connectivity index (χ2v) is 5.30. The van der Waals surface area contributed by atoms with E-state index in [0.29, 0.717) is 12.5 Å². The first kappa shape index (κ1) is 14.9. The zero-order valence-electron chi connectivity index (χ0n) is 11.3. The third-order valence-electron chi connectivity index (χ3n) is 3.76. The minimum absolute atomic E-state index is 0.199. The lowest BCUT2D eigenvalue weighted by atomic mass is 9.95. The predicted molar refractivity (Wildman–Crippen MR) is 72.8 cm³/mol. The molecule has 1 aliphatic rings. The van der Waals surface area contributed by atoms with Crippen molar-refractivity contribution in [3.63, 3.8) is 0 Å². The van der Waals surface area contributed by atoms with Gasteiger partial charge in [-0.05, 0) is 43.4 Å². The highest BCUT2D eigenvalue weighted by atomic mass is 19.1. The van der Waals surface area contributed by atoms with Crippen LogP contribution in [0.25, 0.3) is 0 Å². The molecule has 1 saturated heterocycles. The standard InChI is InChI=1S/C14H19FN2O3/c15-13-8-12(3-4-14(13)17(19)20)10-16-6-1-2-11(9-16)5-7-18/h3-4,8,11,18H,1-2,5-7,9-10H2. The van der Waals surface area contributed by atoms with E-state index < -0.39 is 16.4 Å². The number of aliphatic hydroxyl groups excluding tert-OH is 1. The van der Waals surface area contributed by atoms with Crippen LogP contribution in [-0.2, 0) is 6.54 Å². The van der Waals surface area contributed by atoms with Crippen molar-refractivity contribution >= 4 is 5.69 Å². The largest absolute Gasteiger partial charge is 0.396 e. The summed E-state index contributed by atoms with van der Waals surface area (Å²) in [5, 5.41) is 19.6. The van der Waals surface area contributed by atoms with Crippen molar-refractivity contribution in [3.8, 4) is 0 Å². The van der Waals surface area contributed by atoms with Gasteiger partial charge in [0.15, 0.2) is 0 Å². The van der Waals surface area contributed by atoms with Crippen LogP contribution in [0.3, 0.4) is 0 Å². The molecule has 2 rings (SSSR count). The molecule has 0 aliphatic carbocycles. The number of aliphatic hydroxyl groups is 1. The number of likely N-dealkylation sites (tertiary alicyclic amines) is 1. The van der Waals surface area contributed by atoms with E-state index in [1.54, 1.807) is 6.07 Å². The number of hydrogen-bond acceptors (Lipinski definition) is 4. The number of hydrogen-bond donors (Lipinski definition) is 1. The fourth-order valence-corrected chi connectivity index (χ4v) is 2.77. The highest BCUT2D eigenvalue weighted by molar-refractivity contribution is 5.34. The number of nitro groups is 1. The van der Waals surface area contributed by atoms with Crippen LogP contribution >= 0.6 is 0 Å². The van der Waals surface area contributed by atoms with Gasteiger partial charge < -0.3 is 5.11 Å². The molecular weight excluding hydrogens is 263 g/mol. The molecule has 1 aromatic rings. The minimum Gasteiger partial charge on any atom is -0.396 e. The molecule has 5 nitrogen and oxygen atoms in total. The summed E-state index contributed by atoms with van der Waals surface area (Å²) in [7, 11) is 0. The van der Waals surface area contributed by atoms with E-state index in [0.717, 1.165) is 37.9 Å². The normalized spacial score (nSPS) is 20.0. The number of nitro benzene ring substituents is 1. The van der Waals surface area contributed by atoms with Crippen LogP contribution in [0.4, 0.5) is 10.1 Å². The van der Waals surface area contributed by atoms with Crippen LogP contribution in [0.5, 0.6) is 0 Å². The first-order chi connectivity index (χ1) is 9.60. The molecule has 1 fully saturated rings. The maximum absolute atomic E-state index is 13.6. The Labute approximate surface area is 117 Å². The quantitative estimate of drug-likeness (QED) is 0.665. The number of nitrogens with zero attached hydrogens (tertiary/aromatic N) is 2. The number of piperidine rings is 1. The summed E-state index contributed by atoms with van der Waals surface area (Å²) < 4.78 is 13.6. The van der Waals surface area contributed by atoms with Crippen LogP contribution in [0.2, 0.25) is 0 Å². The first-order valence-corrected chi connectivity index (χ1v) is 6.86. The molecule has 0 saturated carbocycles. The Morgan fingerprint density at radius 1 is 1.50 bits per heavy atom. The molecule has 1 aliphatic heterocycles. The van der Waals surface area contributed by atoms with E-state index in [2.05, 4.69) is 4.90 Å². The van der Waals surface area contributed by atoms with Crippen LogP contribution in [-0.4, -0.2) is 34.6 Å². The minimum atomic E-state index is -0.781. The number of benzene rings is 1. The van der Waals surface area contributed by atoms with Gasteiger partial charge in [-0.25, -0.2) is 0 Å². The van der Waals surface area contributed by atoms with E-state index in [-0.39, 0.29) is 6.61 Å². The summed E-state index contributed by atoms with van der Waals surface area (Å²) in [6.45, 7) is 2.63. The van der Waals surface area contributed by atoms with Crippen LogP contribution in [0, 0.1) is 21.8 Å². The maximum atomic E-state index is 13.6. The molecule has 110 valence electrons. The molecule has 0 bridgehead atoms. The average molecular weight is 282 g/mol. The smallest absolute Gasteiger partial charge is 0.304 e. The van der Waals surface area contributed by atoms with Crippen LogP contribution in [0.15, 0.2) is 18.2 Å². The molecule has 20 heavy (non-hydrogen) atoms. The zero-order valence-corrected chi connectivity index (χ0v) is 11.3. The van der Waals surface area contributed by atoms with E-state index >= 15 is 0 Å². The number of halogens is 1. The molecule has 0 amide bonds. The summed E-state index contributed by atoms with van der Waals surface area (Å²) in [5.74, 6) is -0.298. The lowest BCUT2D eigenvalue weighted by Crippen LogP contribution is -2.35. The molecule has 1 unspecified atom stereocenters.